The minimum Gasteiger partial charge on any atom is -0.497 e. The first-order valence-electron chi connectivity index (χ1n) is 10.2. The normalized spacial score (nSPS) is 19.8. The Morgan fingerprint density at radius 3 is 2.59 bits per heavy atom. The first-order valence-corrected chi connectivity index (χ1v) is 10.2. The quantitative estimate of drug-likeness (QED) is 0.661. The van der Waals surface area contributed by atoms with Gasteiger partial charge >= 0.3 is 0 Å². The van der Waals surface area contributed by atoms with Crippen LogP contribution in [0.4, 0.5) is 0 Å². The molecule has 0 spiro atoms. The van der Waals surface area contributed by atoms with E-state index in [1.165, 1.54) is 0 Å². The van der Waals surface area contributed by atoms with E-state index in [1.54, 1.807) is 17.9 Å². The van der Waals surface area contributed by atoms with E-state index in [4.69, 9.17) is 9.47 Å². The zero-order chi connectivity index (χ0) is 20.8. The molecule has 29 heavy (non-hydrogen) atoms. The molecule has 3 heterocycles. The lowest BCUT2D eigenvalue weighted by atomic mass is 9.84. The highest BCUT2D eigenvalue weighted by molar-refractivity contribution is 5.46. The SMILES string of the molecule is COc1ccc(Cn2c(C)cn3c(C(C)(C)C4CCC(C)O4)ncc3c2=O)cc1. The van der Waals surface area contributed by atoms with Crippen molar-refractivity contribution in [2.75, 3.05) is 7.11 Å². The number of methoxy groups -OCH3 is 1. The third-order valence-corrected chi connectivity index (χ3v) is 6.12. The molecule has 2 unspecified atom stereocenters. The molecule has 6 heteroatoms. The Morgan fingerprint density at radius 1 is 1.24 bits per heavy atom. The predicted molar refractivity (Wildman–Crippen MR) is 113 cm³/mol. The summed E-state index contributed by atoms with van der Waals surface area (Å²) in [6.07, 6.45) is 6.16. The molecule has 2 atom stereocenters. The molecule has 0 N–H and O–H groups in total. The maximum atomic E-state index is 13.2. The summed E-state index contributed by atoms with van der Waals surface area (Å²) in [5.74, 6) is 1.68. The summed E-state index contributed by atoms with van der Waals surface area (Å²) in [4.78, 5) is 17.9. The Labute approximate surface area is 171 Å². The molecule has 0 bridgehead atoms. The van der Waals surface area contributed by atoms with E-state index < -0.39 is 0 Å². The first kappa shape index (κ1) is 19.7. The molecular formula is C23H29N3O3. The van der Waals surface area contributed by atoms with Crippen molar-refractivity contribution >= 4 is 5.52 Å². The van der Waals surface area contributed by atoms with Crippen molar-refractivity contribution in [2.24, 2.45) is 0 Å². The molecule has 1 aliphatic rings. The van der Waals surface area contributed by atoms with Crippen molar-refractivity contribution in [3.8, 4) is 5.75 Å². The van der Waals surface area contributed by atoms with Crippen LogP contribution in [0.2, 0.25) is 0 Å². The van der Waals surface area contributed by atoms with Gasteiger partial charge in [-0.3, -0.25) is 9.20 Å². The molecular weight excluding hydrogens is 366 g/mol. The van der Waals surface area contributed by atoms with Gasteiger partial charge in [-0.15, -0.1) is 0 Å². The second kappa shape index (κ2) is 7.34. The molecule has 0 aliphatic carbocycles. The minimum absolute atomic E-state index is 0.0314. The predicted octanol–water partition coefficient (Wildman–Crippen LogP) is 3.71. The number of fused-ring (bicyclic) bond motifs is 1. The lowest BCUT2D eigenvalue weighted by Crippen LogP contribution is -2.36. The van der Waals surface area contributed by atoms with E-state index in [-0.39, 0.29) is 23.2 Å². The van der Waals surface area contributed by atoms with Crippen molar-refractivity contribution < 1.29 is 9.47 Å². The zero-order valence-electron chi connectivity index (χ0n) is 17.8. The summed E-state index contributed by atoms with van der Waals surface area (Å²) in [5.41, 5.74) is 2.23. The molecule has 1 fully saturated rings. The number of aryl methyl sites for hydroxylation is 1. The van der Waals surface area contributed by atoms with E-state index in [1.807, 2.05) is 41.8 Å². The summed E-state index contributed by atoms with van der Waals surface area (Å²) in [5, 5.41) is 0. The number of nitrogens with zero attached hydrogens (tertiary/aromatic N) is 3. The van der Waals surface area contributed by atoms with E-state index in [2.05, 4.69) is 25.8 Å². The van der Waals surface area contributed by atoms with Gasteiger partial charge in [0.2, 0.25) is 0 Å². The molecule has 0 radical (unpaired) electrons. The van der Waals surface area contributed by atoms with E-state index >= 15 is 0 Å². The van der Waals surface area contributed by atoms with Crippen LogP contribution in [0.5, 0.6) is 5.75 Å². The summed E-state index contributed by atoms with van der Waals surface area (Å²) < 4.78 is 15.1. The maximum Gasteiger partial charge on any atom is 0.276 e. The zero-order valence-corrected chi connectivity index (χ0v) is 17.8. The second-order valence-electron chi connectivity index (χ2n) is 8.58. The van der Waals surface area contributed by atoms with Gasteiger partial charge in [-0.25, -0.2) is 4.98 Å². The molecule has 0 amide bonds. The molecule has 4 rings (SSSR count). The number of hydrogen-bond acceptors (Lipinski definition) is 4. The van der Waals surface area contributed by atoms with Gasteiger partial charge in [-0.2, -0.15) is 0 Å². The first-order chi connectivity index (χ1) is 13.8. The number of imidazole rings is 1. The summed E-state index contributed by atoms with van der Waals surface area (Å²) >= 11 is 0. The Morgan fingerprint density at radius 2 is 1.97 bits per heavy atom. The molecule has 154 valence electrons. The number of rotatable bonds is 5. The van der Waals surface area contributed by atoms with E-state index in [0.717, 1.165) is 35.7 Å². The van der Waals surface area contributed by atoms with Crippen LogP contribution in [-0.4, -0.2) is 33.3 Å². The summed E-state index contributed by atoms with van der Waals surface area (Å²) in [6, 6.07) is 7.80. The Hall–Kier alpha value is -2.60. The fourth-order valence-electron chi connectivity index (χ4n) is 4.27. The van der Waals surface area contributed by atoms with Gasteiger partial charge < -0.3 is 14.0 Å². The van der Waals surface area contributed by atoms with Crippen LogP contribution in [0.25, 0.3) is 5.52 Å². The van der Waals surface area contributed by atoms with Crippen LogP contribution in [0.15, 0.2) is 41.5 Å². The highest BCUT2D eigenvalue weighted by Crippen LogP contribution is 2.36. The number of ether oxygens (including phenoxy) is 2. The lowest BCUT2D eigenvalue weighted by Gasteiger charge is -2.30. The lowest BCUT2D eigenvalue weighted by molar-refractivity contribution is 0.0117. The topological polar surface area (TPSA) is 57.8 Å². The van der Waals surface area contributed by atoms with Crippen LogP contribution in [-0.2, 0) is 16.7 Å². The van der Waals surface area contributed by atoms with Crippen molar-refractivity contribution in [3.63, 3.8) is 0 Å². The fraction of sp³-hybridized carbons (Fsp3) is 0.478. The Balaban J connectivity index is 1.72. The van der Waals surface area contributed by atoms with Crippen molar-refractivity contribution in [1.82, 2.24) is 14.0 Å². The van der Waals surface area contributed by atoms with Gasteiger partial charge in [-0.1, -0.05) is 26.0 Å². The van der Waals surface area contributed by atoms with Crippen LogP contribution >= 0.6 is 0 Å². The number of benzene rings is 1. The monoisotopic (exact) mass is 395 g/mol. The van der Waals surface area contributed by atoms with Crippen LogP contribution in [0, 0.1) is 6.92 Å². The Kier molecular flexibility index (Phi) is 4.99. The Bertz CT molecular complexity index is 1080. The molecule has 6 nitrogen and oxygen atoms in total. The smallest absolute Gasteiger partial charge is 0.276 e. The van der Waals surface area contributed by atoms with Gasteiger partial charge in [0.1, 0.15) is 17.1 Å². The van der Waals surface area contributed by atoms with E-state index in [0.29, 0.717) is 12.1 Å². The third kappa shape index (κ3) is 3.46. The summed E-state index contributed by atoms with van der Waals surface area (Å²) in [6.45, 7) is 8.90. The van der Waals surface area contributed by atoms with Gasteiger partial charge in [-0.05, 0) is 44.4 Å². The standard InChI is InChI=1S/C23H29N3O3/c1-15-13-26-19(12-24-22(26)23(3,4)20-11-6-16(2)29-20)21(27)25(15)14-17-7-9-18(28-5)10-8-17/h7-10,12-13,16,20H,6,11,14H2,1-5H3. The third-order valence-electron chi connectivity index (χ3n) is 6.12. The van der Waals surface area contributed by atoms with Crippen molar-refractivity contribution in [1.29, 1.82) is 0 Å². The summed E-state index contributed by atoms with van der Waals surface area (Å²) in [7, 11) is 1.65. The number of aromatic nitrogens is 3. The van der Waals surface area contributed by atoms with Gasteiger partial charge in [0.15, 0.2) is 0 Å². The minimum atomic E-state index is -0.280. The molecule has 3 aromatic rings. The molecule has 0 saturated carbocycles. The molecule has 1 aliphatic heterocycles. The molecule has 1 saturated heterocycles. The van der Waals surface area contributed by atoms with Gasteiger partial charge in [0.05, 0.1) is 32.1 Å². The highest BCUT2D eigenvalue weighted by atomic mass is 16.5. The van der Waals surface area contributed by atoms with Gasteiger partial charge in [0.25, 0.3) is 5.56 Å². The van der Waals surface area contributed by atoms with Crippen LogP contribution in [0.1, 0.15) is 50.7 Å². The maximum absolute atomic E-state index is 13.2. The fourth-order valence-corrected chi connectivity index (χ4v) is 4.27. The second-order valence-corrected chi connectivity index (χ2v) is 8.58. The number of hydrogen-bond donors (Lipinski definition) is 0. The van der Waals surface area contributed by atoms with Crippen molar-refractivity contribution in [3.05, 3.63) is 64.1 Å². The highest BCUT2D eigenvalue weighted by Gasteiger charge is 2.40. The average Bonchev–Trinajstić information content (AvgIpc) is 3.33. The van der Waals surface area contributed by atoms with Crippen LogP contribution in [0.3, 0.4) is 0 Å². The molecule has 1 aromatic carbocycles. The van der Waals surface area contributed by atoms with Crippen LogP contribution < -0.4 is 10.3 Å². The van der Waals surface area contributed by atoms with Gasteiger partial charge in [0, 0.05) is 17.3 Å². The van der Waals surface area contributed by atoms with E-state index in [9.17, 15) is 4.79 Å². The largest absolute Gasteiger partial charge is 0.497 e. The average molecular weight is 396 g/mol. The van der Waals surface area contributed by atoms with Crippen molar-refractivity contribution in [2.45, 2.75) is 64.7 Å². The molecule has 2 aromatic heterocycles.